The first kappa shape index (κ1) is 15.5. The number of nitrogens with one attached hydrogen (secondary N) is 1. The molecule has 2 nitrogen and oxygen atoms in total. The lowest BCUT2D eigenvalue weighted by molar-refractivity contribution is 0.406. The summed E-state index contributed by atoms with van der Waals surface area (Å²) in [6.45, 7) is 0. The Morgan fingerprint density at radius 3 is 2.95 bits per heavy atom. The van der Waals surface area contributed by atoms with Gasteiger partial charge in [-0.25, -0.2) is 0 Å². The van der Waals surface area contributed by atoms with E-state index < -0.39 is 0 Å². The van der Waals surface area contributed by atoms with Crippen molar-refractivity contribution in [2.45, 2.75) is 17.7 Å². The molecule has 0 aliphatic carbocycles. The fourth-order valence-corrected chi connectivity index (χ4v) is 5.64. The van der Waals surface area contributed by atoms with E-state index in [9.17, 15) is 0 Å². The van der Waals surface area contributed by atoms with E-state index in [4.69, 9.17) is 4.74 Å². The van der Waals surface area contributed by atoms with Crippen molar-refractivity contribution in [3.05, 3.63) is 28.2 Å². The molecule has 2 rings (SSSR count). The average Bonchev–Trinajstić information content (AvgIpc) is 2.46. The van der Waals surface area contributed by atoms with Crippen LogP contribution in [0, 0.1) is 0 Å². The van der Waals surface area contributed by atoms with Gasteiger partial charge in [0.2, 0.25) is 0 Å². The second-order valence-electron chi connectivity index (χ2n) is 4.54. The van der Waals surface area contributed by atoms with Gasteiger partial charge in [-0.05, 0) is 37.2 Å². The molecule has 5 heteroatoms. The van der Waals surface area contributed by atoms with Gasteiger partial charge in [0.25, 0.3) is 0 Å². The number of hydrogen-bond acceptors (Lipinski definition) is 4. The van der Waals surface area contributed by atoms with Crippen LogP contribution in [0.5, 0.6) is 5.75 Å². The Hall–Kier alpha value is 0.160. The predicted molar refractivity (Wildman–Crippen MR) is 90.8 cm³/mol. The topological polar surface area (TPSA) is 21.3 Å². The van der Waals surface area contributed by atoms with E-state index in [0.717, 1.165) is 16.6 Å². The maximum Gasteiger partial charge on any atom is 0.122 e. The summed E-state index contributed by atoms with van der Waals surface area (Å²) >= 11 is 7.71. The van der Waals surface area contributed by atoms with Gasteiger partial charge in [0.1, 0.15) is 5.75 Å². The quantitative estimate of drug-likeness (QED) is 0.866. The summed E-state index contributed by atoms with van der Waals surface area (Å²) in [5.74, 6) is 4.78. The van der Waals surface area contributed by atoms with Gasteiger partial charge in [-0.15, -0.1) is 0 Å². The first-order valence-electron chi connectivity index (χ1n) is 6.43. The van der Waals surface area contributed by atoms with Gasteiger partial charge >= 0.3 is 0 Å². The van der Waals surface area contributed by atoms with Crippen LogP contribution in [0.2, 0.25) is 0 Å². The molecular weight excluding hydrogens is 342 g/mol. The Labute approximate surface area is 132 Å². The second kappa shape index (κ2) is 7.81. The summed E-state index contributed by atoms with van der Waals surface area (Å²) in [4.78, 5) is 0. The van der Waals surface area contributed by atoms with Crippen LogP contribution in [0.4, 0.5) is 0 Å². The molecule has 0 spiro atoms. The van der Waals surface area contributed by atoms with Crippen LogP contribution >= 0.6 is 39.5 Å². The van der Waals surface area contributed by atoms with Crippen LogP contribution < -0.4 is 10.1 Å². The Bertz CT molecular complexity index is 410. The Morgan fingerprint density at radius 1 is 1.47 bits per heavy atom. The summed E-state index contributed by atoms with van der Waals surface area (Å²) in [6, 6.07) is 6.74. The molecule has 0 bridgehead atoms. The van der Waals surface area contributed by atoms with Gasteiger partial charge in [-0.3, -0.25) is 0 Å². The third-order valence-electron chi connectivity index (χ3n) is 3.34. The minimum atomic E-state index is 0.501. The molecule has 1 saturated heterocycles. The van der Waals surface area contributed by atoms with Crippen LogP contribution in [-0.4, -0.2) is 42.7 Å². The van der Waals surface area contributed by atoms with Crippen molar-refractivity contribution >= 4 is 39.5 Å². The number of methoxy groups -OCH3 is 1. The average molecular weight is 362 g/mol. The van der Waals surface area contributed by atoms with E-state index in [0.29, 0.717) is 11.3 Å². The van der Waals surface area contributed by atoms with Gasteiger partial charge in [0.05, 0.1) is 7.11 Å². The highest BCUT2D eigenvalue weighted by Crippen LogP contribution is 2.30. The Balaban J connectivity index is 2.10. The van der Waals surface area contributed by atoms with Crippen LogP contribution in [0.15, 0.2) is 22.7 Å². The summed E-state index contributed by atoms with van der Waals surface area (Å²) in [5.41, 5.74) is 1.27. The standard InChI is InChI=1S/C14H20BrNOS2/c1-16-12(14-9-18-5-6-19-14)8-10-7-11(15)3-4-13(10)17-2/h3-4,7,12,14,16H,5-6,8-9H2,1-2H3. The largest absolute Gasteiger partial charge is 0.496 e. The minimum absolute atomic E-state index is 0.501. The zero-order chi connectivity index (χ0) is 13.7. The summed E-state index contributed by atoms with van der Waals surface area (Å²) in [5, 5.41) is 4.17. The molecule has 0 radical (unpaired) electrons. The van der Waals surface area contributed by atoms with Crippen molar-refractivity contribution in [2.75, 3.05) is 31.4 Å². The first-order valence-corrected chi connectivity index (χ1v) is 9.43. The van der Waals surface area contributed by atoms with Crippen molar-refractivity contribution in [3.63, 3.8) is 0 Å². The smallest absolute Gasteiger partial charge is 0.122 e. The van der Waals surface area contributed by atoms with Crippen molar-refractivity contribution in [2.24, 2.45) is 0 Å². The molecule has 2 atom stereocenters. The van der Waals surface area contributed by atoms with Crippen molar-refractivity contribution in [1.82, 2.24) is 5.32 Å². The third-order valence-corrected chi connectivity index (χ3v) is 6.76. The zero-order valence-electron chi connectivity index (χ0n) is 11.3. The molecule has 1 aliphatic heterocycles. The highest BCUT2D eigenvalue weighted by atomic mass is 79.9. The maximum absolute atomic E-state index is 5.47. The van der Waals surface area contributed by atoms with Crippen molar-refractivity contribution in [3.8, 4) is 5.75 Å². The number of thioether (sulfide) groups is 2. The molecule has 1 heterocycles. The maximum atomic E-state index is 5.47. The molecule has 106 valence electrons. The van der Waals surface area contributed by atoms with E-state index in [2.05, 4.69) is 57.9 Å². The molecule has 0 aromatic heterocycles. The van der Waals surface area contributed by atoms with E-state index in [1.54, 1.807) is 7.11 Å². The Kier molecular flexibility index (Phi) is 6.39. The third kappa shape index (κ3) is 4.31. The van der Waals surface area contributed by atoms with E-state index in [1.165, 1.54) is 22.8 Å². The summed E-state index contributed by atoms with van der Waals surface area (Å²) in [7, 11) is 3.81. The highest BCUT2D eigenvalue weighted by molar-refractivity contribution is 9.10. The van der Waals surface area contributed by atoms with Gasteiger partial charge in [-0.2, -0.15) is 23.5 Å². The lowest BCUT2D eigenvalue weighted by Crippen LogP contribution is -2.40. The van der Waals surface area contributed by atoms with Gasteiger partial charge in [0.15, 0.2) is 0 Å². The lowest BCUT2D eigenvalue weighted by Gasteiger charge is -2.29. The predicted octanol–water partition coefficient (Wildman–Crippen LogP) is 3.44. The summed E-state index contributed by atoms with van der Waals surface area (Å²) in [6.07, 6.45) is 1.01. The molecule has 1 aliphatic rings. The molecule has 1 aromatic rings. The van der Waals surface area contributed by atoms with Crippen molar-refractivity contribution in [1.29, 1.82) is 0 Å². The van der Waals surface area contributed by atoms with Crippen LogP contribution in [0.1, 0.15) is 5.56 Å². The van der Waals surface area contributed by atoms with Gasteiger partial charge < -0.3 is 10.1 Å². The molecule has 19 heavy (non-hydrogen) atoms. The molecular formula is C14H20BrNOS2. The number of hydrogen-bond donors (Lipinski definition) is 1. The second-order valence-corrected chi connectivity index (χ2v) is 7.95. The van der Waals surface area contributed by atoms with Gasteiger partial charge in [0, 0.05) is 33.0 Å². The fraction of sp³-hybridized carbons (Fsp3) is 0.571. The first-order chi connectivity index (χ1) is 9.24. The van der Waals surface area contributed by atoms with E-state index in [-0.39, 0.29) is 0 Å². The number of likely N-dealkylation sites (N-methyl/N-ethyl adjacent to an activating group) is 1. The van der Waals surface area contributed by atoms with Crippen molar-refractivity contribution < 1.29 is 4.74 Å². The number of ether oxygens (including phenoxy) is 1. The number of halogens is 1. The fourth-order valence-electron chi connectivity index (χ4n) is 2.30. The summed E-state index contributed by atoms with van der Waals surface area (Å²) < 4.78 is 6.59. The van der Waals surface area contributed by atoms with Crippen LogP contribution in [0.25, 0.3) is 0 Å². The molecule has 1 N–H and O–H groups in total. The monoisotopic (exact) mass is 361 g/mol. The van der Waals surface area contributed by atoms with Crippen LogP contribution in [0.3, 0.4) is 0 Å². The van der Waals surface area contributed by atoms with Gasteiger partial charge in [-0.1, -0.05) is 15.9 Å². The normalized spacial score (nSPS) is 21.1. The van der Waals surface area contributed by atoms with Crippen LogP contribution in [-0.2, 0) is 6.42 Å². The zero-order valence-corrected chi connectivity index (χ0v) is 14.5. The minimum Gasteiger partial charge on any atom is -0.496 e. The van der Waals surface area contributed by atoms with E-state index in [1.807, 2.05) is 12.1 Å². The number of rotatable bonds is 5. The Morgan fingerprint density at radius 2 is 2.32 bits per heavy atom. The molecule has 2 unspecified atom stereocenters. The number of benzene rings is 1. The molecule has 0 saturated carbocycles. The highest BCUT2D eigenvalue weighted by Gasteiger charge is 2.24. The van der Waals surface area contributed by atoms with E-state index >= 15 is 0 Å². The molecule has 1 aromatic carbocycles. The SMILES string of the molecule is CNC(Cc1cc(Br)ccc1OC)C1CSCCS1. The molecule has 0 amide bonds. The molecule has 1 fully saturated rings. The lowest BCUT2D eigenvalue weighted by atomic mass is 10.0.